The largest absolute Gasteiger partial charge is 0.489 e. The van der Waals surface area contributed by atoms with Gasteiger partial charge in [0.2, 0.25) is 19.7 Å². The summed E-state index contributed by atoms with van der Waals surface area (Å²) in [6, 6.07) is 37.6. The number of rotatable bonds is 4. The SMILES string of the molecule is OB(O)c1ccc(-c2ccc3ccc4cccnc4c3n2)c2ccccc12.[2H][2H].[2H][2H].[2H][2H].[2H][2H].[2H][2H].[2H][2H].[2H]c1c([2H])c([2H])c2c(c1[2H])-c1c([2H])c(-c3ccc(-c4ccc5ccc6cccnc6c5n4)c4ccccc34)c([2H])c([2H])c1S2(=O)=O.[2H]c1c([2H])c([2H])c2c(c1[2H])-c1c([2H])c(Br)c([2H])c([2H])c1S2(=O)=O.[B]. The molecule has 0 saturated carbocycles. The van der Waals surface area contributed by atoms with E-state index in [9.17, 15) is 28.3 Å². The molecule has 3 radical (unpaired) electrons. The number of nitrogens with zero attached hydrogens (tertiary/aromatic N) is 4. The van der Waals surface area contributed by atoms with Crippen LogP contribution in [-0.4, -0.2) is 62.4 Å². The van der Waals surface area contributed by atoms with Crippen LogP contribution in [0.1, 0.15) is 37.0 Å². The molecule has 0 spiro atoms. The minimum atomic E-state index is -4.60. The molecule has 4 aromatic heterocycles. The molecule has 0 fully saturated rings. The maximum Gasteiger partial charge on any atom is 0.489 e. The Labute approximate surface area is 526 Å². The molecule has 0 bridgehead atoms. The summed E-state index contributed by atoms with van der Waals surface area (Å²) in [6.45, 7) is 0. The topological polar surface area (TPSA) is 160 Å². The van der Waals surface area contributed by atoms with Crippen molar-refractivity contribution in [2.75, 3.05) is 0 Å². The van der Waals surface area contributed by atoms with Gasteiger partial charge in [0.05, 0.1) is 72.2 Å². The number of pyridine rings is 4. The van der Waals surface area contributed by atoms with Crippen molar-refractivity contribution < 1.29 is 63.9 Å². The summed E-state index contributed by atoms with van der Waals surface area (Å²) < 4.78 is 227. The number of fused-ring (bicyclic) bond motifs is 14. The van der Waals surface area contributed by atoms with E-state index in [0.29, 0.717) is 22.1 Å². The molecule has 2 aliphatic heterocycles. The van der Waals surface area contributed by atoms with Crippen LogP contribution in [0.4, 0.5) is 0 Å². The minimum Gasteiger partial charge on any atom is -0.423 e. The van der Waals surface area contributed by atoms with Crippen molar-refractivity contribution in [2.45, 2.75) is 19.6 Å². The Morgan fingerprint density at radius 1 is 0.422 bits per heavy atom. The number of hydrogen-bond acceptors (Lipinski definition) is 10. The molecule has 407 valence electrons. The molecule has 0 amide bonds. The van der Waals surface area contributed by atoms with Crippen LogP contribution in [0.5, 0.6) is 0 Å². The molecule has 10 nitrogen and oxygen atoms in total. The number of hydrogen-bond donors (Lipinski definition) is 2. The number of benzene rings is 10. The van der Waals surface area contributed by atoms with Crippen LogP contribution in [-0.2, 0) is 19.7 Å². The van der Waals surface area contributed by atoms with Crippen LogP contribution in [0.3, 0.4) is 0 Å². The van der Waals surface area contributed by atoms with Crippen molar-refractivity contribution in [1.82, 2.24) is 19.9 Å². The second-order valence-corrected chi connectivity index (χ2v) is 23.3. The van der Waals surface area contributed by atoms with Crippen molar-refractivity contribution >= 4 is 122 Å². The van der Waals surface area contributed by atoms with Gasteiger partial charge >= 0.3 is 7.12 Å². The van der Waals surface area contributed by atoms with Gasteiger partial charge in [-0.25, -0.2) is 26.8 Å². The molecule has 10 aromatic carbocycles. The first-order valence-electron chi connectivity index (χ1n) is 38.1. The average Bonchev–Trinajstić information content (AvgIpc) is 1.54. The van der Waals surface area contributed by atoms with Gasteiger partial charge in [0.25, 0.3) is 0 Å². The first kappa shape index (κ1) is 34.9. The van der Waals surface area contributed by atoms with Gasteiger partial charge in [-0.3, -0.25) is 9.97 Å². The van der Waals surface area contributed by atoms with E-state index in [2.05, 4.69) is 44.1 Å². The predicted molar refractivity (Wildman–Crippen MR) is 350 cm³/mol. The van der Waals surface area contributed by atoms with E-state index in [0.717, 1.165) is 76.6 Å². The fourth-order valence-electron chi connectivity index (χ4n) is 10.5. The van der Waals surface area contributed by atoms with Crippen LogP contribution in [0, 0.1) is 0 Å². The first-order valence-corrected chi connectivity index (χ1v) is 28.9. The van der Waals surface area contributed by atoms with E-state index in [1.807, 2.05) is 109 Å². The summed E-state index contributed by atoms with van der Waals surface area (Å²) in [5, 5.41) is 26.5. The summed E-state index contributed by atoms with van der Waals surface area (Å²) in [7, 11) is -10.5. The monoisotopic (exact) mass is 1210 g/mol. The van der Waals surface area contributed by atoms with E-state index in [1.165, 1.54) is 0 Å². The van der Waals surface area contributed by atoms with E-state index in [1.54, 1.807) is 30.6 Å². The zero-order valence-corrected chi connectivity index (χ0v) is 45.9. The molecule has 0 atom stereocenters. The van der Waals surface area contributed by atoms with E-state index >= 15 is 0 Å². The third-order valence-electron chi connectivity index (χ3n) is 14.3. The average molecular weight is 1220 g/mol. The van der Waals surface area contributed by atoms with Crippen LogP contribution >= 0.6 is 15.9 Å². The van der Waals surface area contributed by atoms with Crippen molar-refractivity contribution in [3.05, 3.63) is 247 Å². The van der Waals surface area contributed by atoms with Gasteiger partial charge in [-0.1, -0.05) is 180 Å². The smallest absolute Gasteiger partial charge is 0.423 e. The highest BCUT2D eigenvalue weighted by molar-refractivity contribution is 9.10. The lowest BCUT2D eigenvalue weighted by atomic mass is 9.76. The molecule has 2 N–H and O–H groups in total. The van der Waals surface area contributed by atoms with Gasteiger partial charge < -0.3 is 10.0 Å². The van der Waals surface area contributed by atoms with Gasteiger partial charge in [-0.2, -0.15) is 0 Å². The minimum absolute atomic E-state index is 0. The highest BCUT2D eigenvalue weighted by atomic mass is 79.9. The summed E-state index contributed by atoms with van der Waals surface area (Å²) >= 11 is 2.97. The summed E-state index contributed by atoms with van der Waals surface area (Å²) in [6.07, 6.45) is 3.51. The molecule has 0 saturated heterocycles. The molecule has 6 heterocycles. The van der Waals surface area contributed by atoms with Crippen LogP contribution in [0.25, 0.3) is 121 Å². The second kappa shape index (κ2) is 21.0. The second-order valence-electron chi connectivity index (χ2n) is 18.9. The Bertz CT molecular complexity index is 6060. The van der Waals surface area contributed by atoms with Crippen molar-refractivity contribution in [1.29, 1.82) is 0 Å². The van der Waals surface area contributed by atoms with Gasteiger partial charge in [0, 0.05) is 98.0 Å². The number of halogens is 1. The maximum atomic E-state index is 13.6. The zero-order valence-electron chi connectivity index (χ0n) is 68.7. The van der Waals surface area contributed by atoms with E-state index < -0.39 is 131 Å². The molecule has 2 aliphatic rings. The fourth-order valence-corrected chi connectivity index (χ4v) is 13.6. The lowest BCUT2D eigenvalue weighted by Gasteiger charge is -2.13. The highest BCUT2D eigenvalue weighted by Crippen LogP contribution is 2.47. The third kappa shape index (κ3) is 9.05. The van der Waals surface area contributed by atoms with Crippen molar-refractivity contribution in [3.63, 3.8) is 0 Å². The third-order valence-corrected chi connectivity index (χ3v) is 18.0. The molecular formula is C68H54B2BrN4O6S2. The van der Waals surface area contributed by atoms with Gasteiger partial charge in [-0.05, 0) is 105 Å². The normalized spacial score (nSPS) is 16.0. The molecule has 15 heteroatoms. The number of sulfone groups is 2. The molecule has 0 unspecified atom stereocenters. The van der Waals surface area contributed by atoms with Gasteiger partial charge in [0.15, 0.2) is 0 Å². The van der Waals surface area contributed by atoms with E-state index in [4.69, 9.17) is 45.6 Å². The molecule has 14 aromatic rings. The Balaban J connectivity index is 0.000000225. The fraction of sp³-hybridized carbons (Fsp3) is 0. The maximum absolute atomic E-state index is 13.6. The first-order chi connectivity index (χ1) is 51.8. The van der Waals surface area contributed by atoms with Crippen LogP contribution in [0.2, 0.25) is 0 Å². The van der Waals surface area contributed by atoms with Crippen molar-refractivity contribution in [3.8, 4) is 55.9 Å². The Kier molecular flexibility index (Phi) is 8.82. The zero-order chi connectivity index (χ0) is 80.0. The lowest BCUT2D eigenvalue weighted by Crippen LogP contribution is -2.30. The summed E-state index contributed by atoms with van der Waals surface area (Å²) in [5.74, 6) is 0. The van der Waals surface area contributed by atoms with Gasteiger partial charge in [0.1, 0.15) is 0 Å². The highest BCUT2D eigenvalue weighted by Gasteiger charge is 2.34. The Hall–Kier alpha value is -9.21. The molecule has 83 heavy (non-hydrogen) atoms. The Morgan fingerprint density at radius 3 is 1.39 bits per heavy atom. The Morgan fingerprint density at radius 2 is 0.843 bits per heavy atom. The summed E-state index contributed by atoms with van der Waals surface area (Å²) in [4.78, 5) is 16.4. The molecule has 16 rings (SSSR count). The molecular weight excluding hydrogens is 1130 g/mol. The quantitative estimate of drug-likeness (QED) is 0.128. The summed E-state index contributed by atoms with van der Waals surface area (Å²) in [5.41, 5.74) is 6.16. The predicted octanol–water partition coefficient (Wildman–Crippen LogP) is 15.7. The van der Waals surface area contributed by atoms with Crippen LogP contribution in [0.15, 0.2) is 267 Å². The van der Waals surface area contributed by atoms with Crippen molar-refractivity contribution in [2.24, 2.45) is 0 Å². The van der Waals surface area contributed by atoms with E-state index in [-0.39, 0.29) is 40.7 Å². The lowest BCUT2D eigenvalue weighted by molar-refractivity contribution is 0.426. The van der Waals surface area contributed by atoms with Gasteiger partial charge in [-0.15, -0.1) is 0 Å². The molecule has 0 aliphatic carbocycles. The van der Waals surface area contributed by atoms with Crippen LogP contribution < -0.4 is 5.46 Å². The number of aromatic nitrogens is 4. The standard InChI is InChI=1S/C34H20N2O2S.C22H15BN2O2.C12H7BrO2S.B.6H2/c37-39(38)31-10-4-3-9-28(31)29-20-23(14-18-32(29)39)24-15-16-27(26-8-2-1-7-25(24)26)30-17-13-22-12-11-21-6-5-19-35-33(21)34(22)36-30;26-23(27)19-11-10-18(16-5-1-2-6-17(16)19)20-12-9-15-8-7-14-4-3-13-24-21(14)22(15)25-20;13-8-5-6-12-10(7-8)9-3-1-2-4-11(9)16(12,14)15;;;;;;;/h1-20H;1-13,26-27H;1-7H;;6*1H/i3D,4D,9D,10D,14D,18D,20D;;1D,2D,3D,4D,5D,6D,7D;;6*1+1D.